The van der Waals surface area contributed by atoms with Crippen molar-refractivity contribution in [2.75, 3.05) is 7.11 Å². The van der Waals surface area contributed by atoms with Gasteiger partial charge >= 0.3 is 0 Å². The van der Waals surface area contributed by atoms with Gasteiger partial charge in [-0.2, -0.15) is 0 Å². The number of methoxy groups -OCH3 is 1. The first-order valence-electron chi connectivity index (χ1n) is 6.76. The summed E-state index contributed by atoms with van der Waals surface area (Å²) in [6.07, 6.45) is 7.12. The van der Waals surface area contributed by atoms with Crippen LogP contribution in [0, 0.1) is 29.6 Å². The Kier molecular flexibility index (Phi) is 2.18. The summed E-state index contributed by atoms with van der Waals surface area (Å²) in [6.45, 7) is 4.76. The van der Waals surface area contributed by atoms with E-state index in [0.717, 1.165) is 29.6 Å². The quantitative estimate of drug-likeness (QED) is 0.675. The van der Waals surface area contributed by atoms with Gasteiger partial charge in [0.1, 0.15) is 0 Å². The molecule has 0 spiro atoms. The number of fused-ring (bicyclic) bond motifs is 1. The average molecular weight is 208 g/mol. The topological polar surface area (TPSA) is 9.23 Å². The van der Waals surface area contributed by atoms with Crippen LogP contribution in [0.25, 0.3) is 0 Å². The van der Waals surface area contributed by atoms with Gasteiger partial charge in [0, 0.05) is 7.11 Å². The minimum atomic E-state index is 0.224. The van der Waals surface area contributed by atoms with E-state index in [1.165, 1.54) is 32.1 Å². The SMILES string of the molecule is CCC1(OC)C(C)CC2CC3CC1CC23. The van der Waals surface area contributed by atoms with Gasteiger partial charge in [0.05, 0.1) is 5.60 Å². The molecule has 86 valence electrons. The summed E-state index contributed by atoms with van der Waals surface area (Å²) in [7, 11) is 1.95. The lowest BCUT2D eigenvalue weighted by Gasteiger charge is -2.47. The molecular formula is C14H24O. The van der Waals surface area contributed by atoms with E-state index in [0.29, 0.717) is 0 Å². The zero-order valence-corrected chi connectivity index (χ0v) is 10.3. The Morgan fingerprint density at radius 1 is 1.13 bits per heavy atom. The van der Waals surface area contributed by atoms with Crippen LogP contribution in [0.3, 0.4) is 0 Å². The van der Waals surface area contributed by atoms with Gasteiger partial charge in [-0.15, -0.1) is 0 Å². The van der Waals surface area contributed by atoms with Crippen LogP contribution in [-0.4, -0.2) is 12.7 Å². The van der Waals surface area contributed by atoms with E-state index in [4.69, 9.17) is 4.74 Å². The first kappa shape index (κ1) is 10.1. The fraction of sp³-hybridized carbons (Fsp3) is 1.00. The summed E-state index contributed by atoms with van der Waals surface area (Å²) in [5.41, 5.74) is 0.224. The van der Waals surface area contributed by atoms with Crippen LogP contribution in [0.4, 0.5) is 0 Å². The van der Waals surface area contributed by atoms with E-state index in [1.54, 1.807) is 0 Å². The van der Waals surface area contributed by atoms with E-state index in [2.05, 4.69) is 13.8 Å². The van der Waals surface area contributed by atoms with Crippen molar-refractivity contribution in [2.45, 2.75) is 51.6 Å². The molecule has 3 fully saturated rings. The third-order valence-electron chi connectivity index (χ3n) is 6.07. The molecule has 3 aliphatic carbocycles. The number of hydrogen-bond acceptors (Lipinski definition) is 1. The molecule has 0 aromatic carbocycles. The van der Waals surface area contributed by atoms with Gasteiger partial charge in [0.15, 0.2) is 0 Å². The van der Waals surface area contributed by atoms with E-state index < -0.39 is 0 Å². The molecule has 15 heavy (non-hydrogen) atoms. The molecule has 0 aromatic rings. The van der Waals surface area contributed by atoms with Gasteiger partial charge in [-0.1, -0.05) is 13.8 Å². The van der Waals surface area contributed by atoms with Gasteiger partial charge in [-0.3, -0.25) is 0 Å². The molecule has 0 heterocycles. The summed E-state index contributed by atoms with van der Waals surface area (Å²) in [6, 6.07) is 0. The molecule has 0 radical (unpaired) electrons. The van der Waals surface area contributed by atoms with Crippen molar-refractivity contribution < 1.29 is 4.74 Å². The minimum absolute atomic E-state index is 0.224. The minimum Gasteiger partial charge on any atom is -0.378 e. The molecule has 2 bridgehead atoms. The Morgan fingerprint density at radius 3 is 2.53 bits per heavy atom. The highest BCUT2D eigenvalue weighted by atomic mass is 16.5. The van der Waals surface area contributed by atoms with E-state index in [1.807, 2.05) is 7.11 Å². The predicted molar refractivity (Wildman–Crippen MR) is 61.6 cm³/mol. The first-order chi connectivity index (χ1) is 7.21. The van der Waals surface area contributed by atoms with Gasteiger partial charge in [-0.05, 0) is 61.7 Å². The first-order valence-corrected chi connectivity index (χ1v) is 6.76. The number of rotatable bonds is 2. The highest BCUT2D eigenvalue weighted by molar-refractivity contribution is 5.08. The van der Waals surface area contributed by atoms with Crippen LogP contribution in [0.2, 0.25) is 0 Å². The van der Waals surface area contributed by atoms with Crippen LogP contribution in [-0.2, 0) is 4.74 Å². The average Bonchev–Trinajstić information content (AvgIpc) is 2.51. The molecule has 1 heteroatoms. The molecule has 6 unspecified atom stereocenters. The smallest absolute Gasteiger partial charge is 0.0729 e. The molecule has 0 amide bonds. The maximum absolute atomic E-state index is 6.02. The zero-order valence-electron chi connectivity index (χ0n) is 10.3. The fourth-order valence-corrected chi connectivity index (χ4v) is 5.25. The van der Waals surface area contributed by atoms with Crippen LogP contribution in [0.5, 0.6) is 0 Å². The lowest BCUT2D eigenvalue weighted by Crippen LogP contribution is -2.46. The van der Waals surface area contributed by atoms with Crippen molar-refractivity contribution in [1.82, 2.24) is 0 Å². The molecule has 0 aliphatic heterocycles. The largest absolute Gasteiger partial charge is 0.378 e. The molecule has 0 N–H and O–H groups in total. The second-order valence-electron chi connectivity index (χ2n) is 6.24. The van der Waals surface area contributed by atoms with Crippen molar-refractivity contribution in [2.24, 2.45) is 29.6 Å². The molecule has 3 rings (SSSR count). The third kappa shape index (κ3) is 1.13. The third-order valence-corrected chi connectivity index (χ3v) is 6.07. The zero-order chi connectivity index (χ0) is 10.6. The fourth-order valence-electron chi connectivity index (χ4n) is 5.25. The normalized spacial score (nSPS) is 57.4. The molecule has 0 aromatic heterocycles. The monoisotopic (exact) mass is 208 g/mol. The molecular weight excluding hydrogens is 184 g/mol. The summed E-state index contributed by atoms with van der Waals surface area (Å²) >= 11 is 0. The lowest BCUT2D eigenvalue weighted by molar-refractivity contribution is -0.109. The van der Waals surface area contributed by atoms with Crippen molar-refractivity contribution in [1.29, 1.82) is 0 Å². The van der Waals surface area contributed by atoms with E-state index in [9.17, 15) is 0 Å². The Morgan fingerprint density at radius 2 is 1.87 bits per heavy atom. The highest BCUT2D eigenvalue weighted by Crippen LogP contribution is 2.63. The lowest BCUT2D eigenvalue weighted by atomic mass is 9.61. The summed E-state index contributed by atoms with van der Waals surface area (Å²) < 4.78 is 6.02. The Hall–Kier alpha value is -0.0400. The second kappa shape index (κ2) is 3.23. The Bertz CT molecular complexity index is 256. The van der Waals surface area contributed by atoms with Gasteiger partial charge in [0.25, 0.3) is 0 Å². The van der Waals surface area contributed by atoms with Crippen LogP contribution >= 0.6 is 0 Å². The van der Waals surface area contributed by atoms with Crippen LogP contribution in [0.1, 0.15) is 46.0 Å². The van der Waals surface area contributed by atoms with Gasteiger partial charge in [0.2, 0.25) is 0 Å². The van der Waals surface area contributed by atoms with Crippen LogP contribution < -0.4 is 0 Å². The molecule has 3 aliphatic rings. The van der Waals surface area contributed by atoms with E-state index >= 15 is 0 Å². The van der Waals surface area contributed by atoms with Crippen LogP contribution in [0.15, 0.2) is 0 Å². The standard InChI is InChI=1S/C14H24O/c1-4-14(15-3)9(2)5-10-6-11-7-12(14)8-13(10)11/h9-13H,4-8H2,1-3H3. The Balaban J connectivity index is 1.93. The van der Waals surface area contributed by atoms with Crippen molar-refractivity contribution in [3.05, 3.63) is 0 Å². The maximum Gasteiger partial charge on any atom is 0.0729 e. The highest BCUT2D eigenvalue weighted by Gasteiger charge is 2.58. The van der Waals surface area contributed by atoms with Crippen molar-refractivity contribution in [3.63, 3.8) is 0 Å². The van der Waals surface area contributed by atoms with Gasteiger partial charge in [-0.25, -0.2) is 0 Å². The van der Waals surface area contributed by atoms with Gasteiger partial charge < -0.3 is 4.74 Å². The molecule has 3 saturated carbocycles. The summed E-state index contributed by atoms with van der Waals surface area (Å²) in [4.78, 5) is 0. The summed E-state index contributed by atoms with van der Waals surface area (Å²) in [5.74, 6) is 4.85. The molecule has 6 atom stereocenters. The van der Waals surface area contributed by atoms with Crippen molar-refractivity contribution >= 4 is 0 Å². The van der Waals surface area contributed by atoms with E-state index in [-0.39, 0.29) is 5.60 Å². The second-order valence-corrected chi connectivity index (χ2v) is 6.24. The Labute approximate surface area is 93.6 Å². The predicted octanol–water partition coefficient (Wildman–Crippen LogP) is 3.48. The molecule has 1 nitrogen and oxygen atoms in total. The number of ether oxygens (including phenoxy) is 1. The maximum atomic E-state index is 6.02. The number of hydrogen-bond donors (Lipinski definition) is 0. The summed E-state index contributed by atoms with van der Waals surface area (Å²) in [5, 5.41) is 0. The molecule has 0 saturated heterocycles. The van der Waals surface area contributed by atoms with Crippen molar-refractivity contribution in [3.8, 4) is 0 Å².